The van der Waals surface area contributed by atoms with E-state index < -0.39 is 0 Å². The highest BCUT2D eigenvalue weighted by atomic mass is 35.5. The Morgan fingerprint density at radius 1 is 1.33 bits per heavy atom. The number of thioether (sulfide) groups is 1. The third-order valence-electron chi connectivity index (χ3n) is 4.85. The second kappa shape index (κ2) is 8.97. The number of amides is 1. The molecule has 1 N–H and O–H groups in total. The Kier molecular flexibility index (Phi) is 6.65. The molecule has 0 saturated heterocycles. The predicted octanol–water partition coefficient (Wildman–Crippen LogP) is 4.87. The van der Waals surface area contributed by atoms with E-state index in [4.69, 9.17) is 16.3 Å². The first-order valence-corrected chi connectivity index (χ1v) is 10.5. The van der Waals surface area contributed by atoms with E-state index in [1.165, 1.54) is 31.0 Å². The summed E-state index contributed by atoms with van der Waals surface area (Å²) < 4.78 is 7.50. The normalized spacial score (nSPS) is 16.1. The number of aromatic nitrogens is 3. The van der Waals surface area contributed by atoms with Gasteiger partial charge in [-0.2, -0.15) is 0 Å². The number of hydrogen-bond acceptors (Lipinski definition) is 5. The molecule has 1 aliphatic rings. The van der Waals surface area contributed by atoms with Crippen LogP contribution in [0.15, 0.2) is 23.4 Å². The molecule has 1 aromatic carbocycles. The van der Waals surface area contributed by atoms with Crippen molar-refractivity contribution < 1.29 is 9.53 Å². The van der Waals surface area contributed by atoms with Crippen LogP contribution in [-0.2, 0) is 4.79 Å². The van der Waals surface area contributed by atoms with Crippen molar-refractivity contribution in [2.45, 2.75) is 62.4 Å². The number of nitrogens with zero attached hydrogens (tertiary/aromatic N) is 3. The summed E-state index contributed by atoms with van der Waals surface area (Å²) >= 11 is 7.48. The number of rotatable bonds is 6. The average Bonchev–Trinajstić information content (AvgIpc) is 3.02. The molecule has 6 nitrogen and oxygen atoms in total. The lowest BCUT2D eigenvalue weighted by Gasteiger charge is -2.25. The summed E-state index contributed by atoms with van der Waals surface area (Å²) in [4.78, 5) is 12.7. The van der Waals surface area contributed by atoms with E-state index in [1.807, 2.05) is 13.8 Å². The minimum absolute atomic E-state index is 0.128. The fourth-order valence-electron chi connectivity index (χ4n) is 3.41. The van der Waals surface area contributed by atoms with Crippen LogP contribution in [0, 0.1) is 6.92 Å². The maximum atomic E-state index is 12.7. The van der Waals surface area contributed by atoms with Crippen molar-refractivity contribution in [2.75, 3.05) is 12.4 Å². The molecule has 0 radical (unpaired) electrons. The predicted molar refractivity (Wildman–Crippen MR) is 109 cm³/mol. The van der Waals surface area contributed by atoms with Crippen LogP contribution in [0.5, 0.6) is 5.75 Å². The molecule has 2 aromatic rings. The molecule has 1 aromatic heterocycles. The monoisotopic (exact) mass is 408 g/mol. The summed E-state index contributed by atoms with van der Waals surface area (Å²) in [5.41, 5.74) is 0.562. The zero-order chi connectivity index (χ0) is 19.4. The van der Waals surface area contributed by atoms with Gasteiger partial charge in [0.15, 0.2) is 5.16 Å². The van der Waals surface area contributed by atoms with E-state index >= 15 is 0 Å². The number of carbonyl (C=O) groups excluding carboxylic acids is 1. The summed E-state index contributed by atoms with van der Waals surface area (Å²) in [5.74, 6) is 1.36. The van der Waals surface area contributed by atoms with Crippen LogP contribution in [0.25, 0.3) is 0 Å². The maximum Gasteiger partial charge on any atom is 0.237 e. The van der Waals surface area contributed by atoms with Gasteiger partial charge in [-0.05, 0) is 44.9 Å². The van der Waals surface area contributed by atoms with Gasteiger partial charge in [-0.25, -0.2) is 0 Å². The molecule has 0 bridgehead atoms. The number of benzene rings is 1. The third-order valence-corrected chi connectivity index (χ3v) is 6.14. The van der Waals surface area contributed by atoms with Crippen LogP contribution < -0.4 is 10.1 Å². The van der Waals surface area contributed by atoms with E-state index in [-0.39, 0.29) is 11.2 Å². The van der Waals surface area contributed by atoms with Crippen molar-refractivity contribution in [1.29, 1.82) is 0 Å². The molecule has 1 heterocycles. The van der Waals surface area contributed by atoms with Crippen molar-refractivity contribution in [3.63, 3.8) is 0 Å². The molecule has 8 heteroatoms. The van der Waals surface area contributed by atoms with Crippen molar-refractivity contribution >= 4 is 35.0 Å². The van der Waals surface area contributed by atoms with E-state index in [2.05, 4.69) is 20.1 Å². The summed E-state index contributed by atoms with van der Waals surface area (Å²) in [7, 11) is 1.56. The summed E-state index contributed by atoms with van der Waals surface area (Å²) in [6.07, 6.45) is 6.05. The lowest BCUT2D eigenvalue weighted by Crippen LogP contribution is -2.24. The van der Waals surface area contributed by atoms with E-state index in [1.54, 1.807) is 25.3 Å². The lowest BCUT2D eigenvalue weighted by molar-refractivity contribution is -0.115. The van der Waals surface area contributed by atoms with Gasteiger partial charge < -0.3 is 14.6 Å². The Balaban J connectivity index is 1.71. The van der Waals surface area contributed by atoms with Gasteiger partial charge in [0.05, 0.1) is 18.0 Å². The minimum Gasteiger partial charge on any atom is -0.495 e. The van der Waals surface area contributed by atoms with Crippen LogP contribution in [0.1, 0.15) is 50.9 Å². The highest BCUT2D eigenvalue weighted by Crippen LogP contribution is 2.34. The van der Waals surface area contributed by atoms with Gasteiger partial charge >= 0.3 is 0 Å². The average molecular weight is 409 g/mol. The van der Waals surface area contributed by atoms with Crippen molar-refractivity contribution in [3.8, 4) is 5.75 Å². The molecule has 1 saturated carbocycles. The third kappa shape index (κ3) is 4.76. The molecule has 1 aliphatic carbocycles. The molecule has 146 valence electrons. The molecular formula is C19H25ClN4O2S. The number of carbonyl (C=O) groups is 1. The molecule has 0 spiro atoms. The largest absolute Gasteiger partial charge is 0.495 e. The van der Waals surface area contributed by atoms with Gasteiger partial charge in [-0.1, -0.05) is 42.6 Å². The summed E-state index contributed by atoms with van der Waals surface area (Å²) in [6, 6.07) is 5.58. The molecule has 0 aliphatic heterocycles. The second-order valence-corrected chi connectivity index (χ2v) is 8.53. The number of aryl methyl sites for hydroxylation is 1. The SMILES string of the molecule is COc1ccc(Cl)cc1NC(=O)[C@H](C)Sc1nnc(C)n1C1CCCCC1. The number of ether oxygens (including phenoxy) is 1. The number of anilines is 1. The van der Waals surface area contributed by atoms with Gasteiger partial charge in [-0.15, -0.1) is 10.2 Å². The van der Waals surface area contributed by atoms with Crippen molar-refractivity contribution in [1.82, 2.24) is 14.8 Å². The summed E-state index contributed by atoms with van der Waals surface area (Å²) in [6.45, 7) is 3.85. The lowest BCUT2D eigenvalue weighted by atomic mass is 9.95. The van der Waals surface area contributed by atoms with Gasteiger partial charge in [0.2, 0.25) is 5.91 Å². The first kappa shape index (κ1) is 20.0. The van der Waals surface area contributed by atoms with Crippen LogP contribution >= 0.6 is 23.4 Å². The van der Waals surface area contributed by atoms with E-state index in [9.17, 15) is 4.79 Å². The van der Waals surface area contributed by atoms with Gasteiger partial charge in [0.1, 0.15) is 11.6 Å². The van der Waals surface area contributed by atoms with Crippen LogP contribution in [0.2, 0.25) is 5.02 Å². The molecule has 1 fully saturated rings. The van der Waals surface area contributed by atoms with Crippen LogP contribution in [-0.4, -0.2) is 33.0 Å². The zero-order valence-electron chi connectivity index (χ0n) is 15.9. The number of methoxy groups -OCH3 is 1. The number of nitrogens with one attached hydrogen (secondary N) is 1. The molecular weight excluding hydrogens is 384 g/mol. The van der Waals surface area contributed by atoms with E-state index in [0.29, 0.717) is 22.5 Å². The second-order valence-electron chi connectivity index (χ2n) is 6.79. The molecule has 27 heavy (non-hydrogen) atoms. The quantitative estimate of drug-likeness (QED) is 0.690. The summed E-state index contributed by atoms with van der Waals surface area (Å²) in [5, 5.41) is 12.5. The number of hydrogen-bond donors (Lipinski definition) is 1. The Morgan fingerprint density at radius 3 is 2.78 bits per heavy atom. The molecule has 1 atom stereocenters. The smallest absolute Gasteiger partial charge is 0.237 e. The Hall–Kier alpha value is -1.73. The highest BCUT2D eigenvalue weighted by molar-refractivity contribution is 8.00. The van der Waals surface area contributed by atoms with Gasteiger partial charge in [0, 0.05) is 11.1 Å². The maximum absolute atomic E-state index is 12.7. The van der Waals surface area contributed by atoms with Gasteiger partial charge in [0.25, 0.3) is 0 Å². The van der Waals surface area contributed by atoms with Crippen LogP contribution in [0.3, 0.4) is 0 Å². The topological polar surface area (TPSA) is 69.0 Å². The first-order valence-electron chi connectivity index (χ1n) is 9.22. The fourth-order valence-corrected chi connectivity index (χ4v) is 4.55. The zero-order valence-corrected chi connectivity index (χ0v) is 17.4. The first-order chi connectivity index (χ1) is 13.0. The molecule has 0 unspecified atom stereocenters. The van der Waals surface area contributed by atoms with Crippen molar-refractivity contribution in [2.24, 2.45) is 0 Å². The van der Waals surface area contributed by atoms with Gasteiger partial charge in [-0.3, -0.25) is 4.79 Å². The highest BCUT2D eigenvalue weighted by Gasteiger charge is 2.25. The molecule has 1 amide bonds. The Bertz CT molecular complexity index is 805. The Morgan fingerprint density at radius 2 is 2.07 bits per heavy atom. The standard InChI is InChI=1S/C19H25ClN4O2S/c1-12(18(25)21-16-11-14(20)9-10-17(16)26-3)27-19-23-22-13(2)24(19)15-7-5-4-6-8-15/h9-12,15H,4-8H2,1-3H3,(H,21,25)/t12-/m0/s1. The minimum atomic E-state index is -0.334. The number of halogens is 1. The van der Waals surface area contributed by atoms with Crippen LogP contribution in [0.4, 0.5) is 5.69 Å². The fraction of sp³-hybridized carbons (Fsp3) is 0.526. The van der Waals surface area contributed by atoms with Crippen molar-refractivity contribution in [3.05, 3.63) is 29.0 Å². The Labute approximate surface area is 169 Å². The van der Waals surface area contributed by atoms with E-state index in [0.717, 1.165) is 23.8 Å². The molecule has 3 rings (SSSR count).